The topological polar surface area (TPSA) is 12.0 Å². The molecule has 0 bridgehead atoms. The van der Waals surface area contributed by atoms with Crippen molar-refractivity contribution in [2.45, 2.75) is 18.8 Å². The molecule has 0 aromatic heterocycles. The molecule has 0 saturated carbocycles. The lowest BCUT2D eigenvalue weighted by Gasteiger charge is -2.20. The maximum Gasteiger partial charge on any atom is 0.273 e. The van der Waals surface area contributed by atoms with E-state index in [0.717, 1.165) is 17.4 Å². The Morgan fingerprint density at radius 1 is 1.31 bits per heavy atom. The van der Waals surface area contributed by atoms with Crippen molar-refractivity contribution < 1.29 is 8.78 Å². The van der Waals surface area contributed by atoms with Gasteiger partial charge in [0.15, 0.2) is 0 Å². The van der Waals surface area contributed by atoms with Crippen LogP contribution < -0.4 is 5.32 Å². The minimum absolute atomic E-state index is 0.0539. The van der Waals surface area contributed by atoms with Gasteiger partial charge in [-0.3, -0.25) is 0 Å². The van der Waals surface area contributed by atoms with Gasteiger partial charge in [0.1, 0.15) is 0 Å². The van der Waals surface area contributed by atoms with Crippen molar-refractivity contribution in [1.29, 1.82) is 0 Å². The highest BCUT2D eigenvalue weighted by molar-refractivity contribution is 9.10. The minimum atomic E-state index is -2.71. The summed E-state index contributed by atoms with van der Waals surface area (Å²) in [5.41, 5.74) is 0.114. The zero-order valence-electron chi connectivity index (χ0n) is 8.85. The average molecular weight is 290 g/mol. The fourth-order valence-corrected chi connectivity index (χ4v) is 2.33. The molecule has 1 fully saturated rings. The first-order valence-corrected chi connectivity index (χ1v) is 6.22. The summed E-state index contributed by atoms with van der Waals surface area (Å²) >= 11 is 3.25. The smallest absolute Gasteiger partial charge is 0.273 e. The molecule has 1 unspecified atom stereocenters. The Hall–Kier alpha value is -0.480. The van der Waals surface area contributed by atoms with Crippen LogP contribution in [-0.2, 0) is 5.92 Å². The highest BCUT2D eigenvalue weighted by atomic mass is 79.9. The van der Waals surface area contributed by atoms with E-state index in [1.807, 2.05) is 0 Å². The molecule has 0 aliphatic carbocycles. The van der Waals surface area contributed by atoms with E-state index >= 15 is 0 Å². The third-order valence-electron chi connectivity index (χ3n) is 2.97. The zero-order chi connectivity index (χ0) is 11.6. The molecule has 1 saturated heterocycles. The van der Waals surface area contributed by atoms with Crippen LogP contribution in [0.15, 0.2) is 28.7 Å². The number of benzene rings is 1. The third kappa shape index (κ3) is 2.80. The van der Waals surface area contributed by atoms with Gasteiger partial charge in [-0.2, -0.15) is 0 Å². The predicted octanol–water partition coefficient (Wildman–Crippen LogP) is 3.54. The van der Waals surface area contributed by atoms with E-state index in [0.29, 0.717) is 6.54 Å². The van der Waals surface area contributed by atoms with Crippen molar-refractivity contribution in [1.82, 2.24) is 5.32 Å². The lowest BCUT2D eigenvalue weighted by Crippen LogP contribution is -2.20. The van der Waals surface area contributed by atoms with E-state index < -0.39 is 5.92 Å². The van der Waals surface area contributed by atoms with Crippen molar-refractivity contribution in [2.75, 3.05) is 13.1 Å². The Kier molecular flexibility index (Phi) is 3.60. The molecule has 1 N–H and O–H groups in total. The number of alkyl halides is 2. The lowest BCUT2D eigenvalue weighted by atomic mass is 9.95. The quantitative estimate of drug-likeness (QED) is 0.898. The van der Waals surface area contributed by atoms with Gasteiger partial charge in [0.25, 0.3) is 5.92 Å². The van der Waals surface area contributed by atoms with Gasteiger partial charge in [-0.15, -0.1) is 0 Å². The summed E-state index contributed by atoms with van der Waals surface area (Å²) in [6.45, 7) is 1.58. The molecule has 4 heteroatoms. The van der Waals surface area contributed by atoms with E-state index in [-0.39, 0.29) is 17.9 Å². The number of hydrogen-bond acceptors (Lipinski definition) is 1. The largest absolute Gasteiger partial charge is 0.316 e. The lowest BCUT2D eigenvalue weighted by molar-refractivity contribution is -0.0268. The van der Waals surface area contributed by atoms with Crippen LogP contribution in [0.4, 0.5) is 8.78 Å². The molecule has 1 heterocycles. The molecule has 0 amide bonds. The van der Waals surface area contributed by atoms with Gasteiger partial charge >= 0.3 is 0 Å². The van der Waals surface area contributed by atoms with Gasteiger partial charge in [-0.05, 0) is 37.6 Å². The number of halogens is 3. The molecule has 88 valence electrons. The van der Waals surface area contributed by atoms with Gasteiger partial charge in [0, 0.05) is 16.5 Å². The molecule has 2 rings (SSSR count). The Labute approximate surface area is 102 Å². The summed E-state index contributed by atoms with van der Waals surface area (Å²) in [5, 5.41) is 3.11. The van der Waals surface area contributed by atoms with Crippen molar-refractivity contribution in [3.63, 3.8) is 0 Å². The Morgan fingerprint density at radius 3 is 2.56 bits per heavy atom. The Balaban J connectivity index is 2.07. The molecule has 1 nitrogen and oxygen atoms in total. The highest BCUT2D eigenvalue weighted by Crippen LogP contribution is 2.36. The van der Waals surface area contributed by atoms with E-state index in [2.05, 4.69) is 21.2 Å². The van der Waals surface area contributed by atoms with E-state index in [9.17, 15) is 8.78 Å². The maximum atomic E-state index is 13.9. The number of nitrogens with one attached hydrogen (secondary N) is 1. The molecule has 1 atom stereocenters. The maximum absolute atomic E-state index is 13.9. The summed E-state index contributed by atoms with van der Waals surface area (Å²) in [6, 6.07) is 6.31. The summed E-state index contributed by atoms with van der Waals surface area (Å²) in [5.74, 6) is -2.61. The zero-order valence-corrected chi connectivity index (χ0v) is 10.4. The third-order valence-corrected chi connectivity index (χ3v) is 3.50. The van der Waals surface area contributed by atoms with Crippen molar-refractivity contribution in [3.05, 3.63) is 34.3 Å². The summed E-state index contributed by atoms with van der Waals surface area (Å²) in [7, 11) is 0. The molecule has 1 aromatic carbocycles. The standard InChI is InChI=1S/C12H14BrF2N/c13-11-3-1-10(2-4-11)12(14,15)7-9-5-6-16-8-9/h1-4,9,16H,5-8H2. The van der Waals surface area contributed by atoms with Crippen molar-refractivity contribution in [3.8, 4) is 0 Å². The number of rotatable bonds is 3. The first kappa shape index (κ1) is 12.0. The van der Waals surface area contributed by atoms with E-state index in [1.54, 1.807) is 12.1 Å². The second-order valence-electron chi connectivity index (χ2n) is 4.27. The predicted molar refractivity (Wildman–Crippen MR) is 63.6 cm³/mol. The first-order chi connectivity index (χ1) is 7.58. The number of hydrogen-bond donors (Lipinski definition) is 1. The Morgan fingerprint density at radius 2 is 2.00 bits per heavy atom. The summed E-state index contributed by atoms with van der Waals surface area (Å²) in [6.07, 6.45) is 0.799. The van der Waals surface area contributed by atoms with Crippen molar-refractivity contribution in [2.24, 2.45) is 5.92 Å². The van der Waals surface area contributed by atoms with Crippen LogP contribution in [0.1, 0.15) is 18.4 Å². The first-order valence-electron chi connectivity index (χ1n) is 5.42. The molecular formula is C12H14BrF2N. The van der Waals surface area contributed by atoms with Gasteiger partial charge in [0.05, 0.1) is 0 Å². The average Bonchev–Trinajstić information content (AvgIpc) is 2.70. The second kappa shape index (κ2) is 4.80. The second-order valence-corrected chi connectivity index (χ2v) is 5.19. The van der Waals surface area contributed by atoms with Gasteiger partial charge in [-0.1, -0.05) is 28.1 Å². The molecular weight excluding hydrogens is 276 g/mol. The SMILES string of the molecule is FC(F)(CC1CCNC1)c1ccc(Br)cc1. The molecule has 1 aromatic rings. The van der Waals surface area contributed by atoms with Gasteiger partial charge in [-0.25, -0.2) is 8.78 Å². The minimum Gasteiger partial charge on any atom is -0.316 e. The van der Waals surface area contributed by atoms with Crippen LogP contribution in [0.5, 0.6) is 0 Å². The Bertz CT molecular complexity index is 345. The molecule has 1 aliphatic heterocycles. The van der Waals surface area contributed by atoms with E-state index in [1.165, 1.54) is 12.1 Å². The van der Waals surface area contributed by atoms with Gasteiger partial charge in [0.2, 0.25) is 0 Å². The van der Waals surface area contributed by atoms with E-state index in [4.69, 9.17) is 0 Å². The van der Waals surface area contributed by atoms with Gasteiger partial charge < -0.3 is 5.32 Å². The van der Waals surface area contributed by atoms with Crippen LogP contribution in [0, 0.1) is 5.92 Å². The highest BCUT2D eigenvalue weighted by Gasteiger charge is 2.35. The van der Waals surface area contributed by atoms with Crippen LogP contribution in [0.2, 0.25) is 0 Å². The van der Waals surface area contributed by atoms with Crippen molar-refractivity contribution >= 4 is 15.9 Å². The molecule has 0 radical (unpaired) electrons. The van der Waals surface area contributed by atoms with Crippen LogP contribution >= 0.6 is 15.9 Å². The fraction of sp³-hybridized carbons (Fsp3) is 0.500. The summed E-state index contributed by atoms with van der Waals surface area (Å²) < 4.78 is 28.6. The molecule has 1 aliphatic rings. The molecule has 0 spiro atoms. The molecule has 16 heavy (non-hydrogen) atoms. The normalized spacial score (nSPS) is 21.3. The fourth-order valence-electron chi connectivity index (χ4n) is 2.06. The monoisotopic (exact) mass is 289 g/mol. The van der Waals surface area contributed by atoms with Crippen LogP contribution in [0.3, 0.4) is 0 Å². The van der Waals surface area contributed by atoms with Crippen LogP contribution in [-0.4, -0.2) is 13.1 Å². The van der Waals surface area contributed by atoms with Crippen LogP contribution in [0.25, 0.3) is 0 Å². The summed E-state index contributed by atoms with van der Waals surface area (Å²) in [4.78, 5) is 0.